The van der Waals surface area contributed by atoms with Crippen LogP contribution in [0.4, 0.5) is 0 Å². The van der Waals surface area contributed by atoms with Gasteiger partial charge in [0, 0.05) is 12.5 Å². The molecule has 0 saturated heterocycles. The van der Waals surface area contributed by atoms with Gasteiger partial charge < -0.3 is 4.74 Å². The van der Waals surface area contributed by atoms with Crippen LogP contribution >= 0.6 is 34.8 Å². The topological polar surface area (TPSA) is 116 Å². The predicted octanol–water partition coefficient (Wildman–Crippen LogP) is 0.428. The van der Waals surface area contributed by atoms with Crippen molar-refractivity contribution >= 4 is 54.5 Å². The summed E-state index contributed by atoms with van der Waals surface area (Å²) >= 11 is 16.6. The second-order valence-corrected chi connectivity index (χ2v) is 9.10. The second-order valence-electron chi connectivity index (χ2n) is 3.60. The summed E-state index contributed by atoms with van der Waals surface area (Å²) in [6, 6.07) is -0.675. The smallest absolute Gasteiger partial charge is 0.324 e. The van der Waals surface area contributed by atoms with E-state index in [1.807, 2.05) is 0 Å². The lowest BCUT2D eigenvalue weighted by molar-refractivity contribution is 0.236. The minimum atomic E-state index is -3.90. The average Bonchev–Trinajstić information content (AvgIpc) is 2.25. The molecular weight excluding hydrogens is 377 g/mol. The first-order chi connectivity index (χ1) is 8.85. The van der Waals surface area contributed by atoms with Crippen LogP contribution in [-0.2, 0) is 19.7 Å². The van der Waals surface area contributed by atoms with Gasteiger partial charge in [-0.1, -0.05) is 23.2 Å². The number of ether oxygens (including phenoxy) is 1. The second kappa shape index (κ2) is 5.76. The molecule has 0 atom stereocenters. The minimum absolute atomic E-state index is 0.399. The maximum absolute atomic E-state index is 11.4. The Bertz CT molecular complexity index is 669. The molecule has 1 rings (SSSR count). The summed E-state index contributed by atoms with van der Waals surface area (Å²) in [6.07, 6.45) is 1.57. The number of sulfone groups is 2. The van der Waals surface area contributed by atoms with Crippen molar-refractivity contribution in [3.63, 3.8) is 0 Å². The maximum atomic E-state index is 11.4. The Labute approximate surface area is 130 Å². The summed E-state index contributed by atoms with van der Waals surface area (Å²) in [7, 11) is -7.79. The third-order valence-corrected chi connectivity index (χ3v) is 4.40. The van der Waals surface area contributed by atoms with Crippen molar-refractivity contribution in [2.24, 2.45) is 0 Å². The van der Waals surface area contributed by atoms with E-state index in [4.69, 9.17) is 39.5 Å². The van der Waals surface area contributed by atoms with Crippen molar-refractivity contribution in [3.8, 4) is 6.01 Å². The molecule has 20 heavy (non-hydrogen) atoms. The Hall–Kier alpha value is -0.420. The largest absolute Gasteiger partial charge is 0.425 e. The van der Waals surface area contributed by atoms with Crippen LogP contribution in [0, 0.1) is 0 Å². The molecule has 0 radical (unpaired) electrons. The van der Waals surface area contributed by atoms with Crippen LogP contribution in [0.15, 0.2) is 10.3 Å². The molecule has 0 N–H and O–H groups in total. The first-order valence-corrected chi connectivity index (χ1v) is 9.71. The highest BCUT2D eigenvalue weighted by Gasteiger charge is 2.29. The summed E-state index contributed by atoms with van der Waals surface area (Å²) in [5.41, 5.74) is 0. The summed E-state index contributed by atoms with van der Waals surface area (Å²) in [4.78, 5) is 10.2. The van der Waals surface area contributed by atoms with Gasteiger partial charge in [-0.15, -0.1) is 11.6 Å². The molecule has 0 amide bonds. The fourth-order valence-corrected chi connectivity index (χ4v) is 2.10. The van der Waals surface area contributed by atoms with E-state index in [1.165, 1.54) is 0 Å². The molecule has 0 unspecified atom stereocenters. The van der Waals surface area contributed by atoms with Crippen molar-refractivity contribution < 1.29 is 21.6 Å². The van der Waals surface area contributed by atoms with E-state index in [2.05, 4.69) is 15.0 Å². The molecule has 0 fully saturated rings. The van der Waals surface area contributed by atoms with Gasteiger partial charge in [-0.2, -0.15) is 15.0 Å². The highest BCUT2D eigenvalue weighted by atomic mass is 35.5. The van der Waals surface area contributed by atoms with Gasteiger partial charge >= 0.3 is 6.01 Å². The molecule has 1 heterocycles. The Balaban J connectivity index is 3.47. The van der Waals surface area contributed by atoms with E-state index in [1.54, 1.807) is 0 Å². The zero-order chi connectivity index (χ0) is 15.8. The lowest BCUT2D eigenvalue weighted by Crippen LogP contribution is -2.26. The van der Waals surface area contributed by atoms with Crippen molar-refractivity contribution in [3.05, 3.63) is 0 Å². The molecule has 0 aromatic carbocycles. The maximum Gasteiger partial charge on any atom is 0.324 e. The third-order valence-electron chi connectivity index (χ3n) is 1.63. The van der Waals surface area contributed by atoms with Gasteiger partial charge in [-0.25, -0.2) is 16.8 Å². The molecule has 114 valence electrons. The first-order valence-electron chi connectivity index (χ1n) is 4.64. The van der Waals surface area contributed by atoms with Crippen LogP contribution in [0.3, 0.4) is 0 Å². The molecule has 13 heteroatoms. The van der Waals surface area contributed by atoms with Gasteiger partial charge in [-0.05, 0) is 0 Å². The van der Waals surface area contributed by atoms with E-state index in [0.717, 1.165) is 12.5 Å². The Morgan fingerprint density at radius 3 is 1.70 bits per heavy atom. The molecule has 0 aliphatic rings. The molecule has 0 aliphatic heterocycles. The highest BCUT2D eigenvalue weighted by Crippen LogP contribution is 2.26. The molecule has 0 saturated carbocycles. The zero-order valence-electron chi connectivity index (χ0n) is 10.0. The summed E-state index contributed by atoms with van der Waals surface area (Å²) in [5.74, 6) is -0.399. The predicted molar refractivity (Wildman–Crippen MR) is 71.8 cm³/mol. The molecule has 0 spiro atoms. The Kier molecular flexibility index (Phi) is 5.08. The van der Waals surface area contributed by atoms with Gasteiger partial charge in [-0.3, -0.25) is 0 Å². The molecule has 8 nitrogen and oxygen atoms in total. The molecule has 1 aromatic heterocycles. The van der Waals surface area contributed by atoms with Crippen LogP contribution in [0.5, 0.6) is 6.01 Å². The number of hydrogen-bond acceptors (Lipinski definition) is 8. The summed E-state index contributed by atoms with van der Waals surface area (Å²) in [5, 5.41) is -1.58. The SMILES string of the molecule is CS(=O)(=O)c1nc(OC(Cl)(Cl)CCl)nc(S(C)(=O)=O)n1. The van der Waals surface area contributed by atoms with Gasteiger partial charge in [0.2, 0.25) is 19.7 Å². The van der Waals surface area contributed by atoms with E-state index >= 15 is 0 Å². The quantitative estimate of drug-likeness (QED) is 0.671. The zero-order valence-corrected chi connectivity index (χ0v) is 13.9. The fraction of sp³-hybridized carbons (Fsp3) is 0.571. The number of nitrogens with zero attached hydrogens (tertiary/aromatic N) is 3. The van der Waals surface area contributed by atoms with Crippen molar-refractivity contribution in [1.82, 2.24) is 15.0 Å². The Morgan fingerprint density at radius 1 is 1.00 bits per heavy atom. The number of aromatic nitrogens is 3. The van der Waals surface area contributed by atoms with Gasteiger partial charge in [0.25, 0.3) is 14.8 Å². The van der Waals surface area contributed by atoms with Crippen molar-refractivity contribution in [2.45, 2.75) is 14.8 Å². The molecule has 0 bridgehead atoms. The molecule has 0 aliphatic carbocycles. The lowest BCUT2D eigenvalue weighted by Gasteiger charge is -2.16. The number of alkyl halides is 3. The first kappa shape index (κ1) is 17.6. The summed E-state index contributed by atoms with van der Waals surface area (Å²) < 4.78 is 48.5. The van der Waals surface area contributed by atoms with Crippen molar-refractivity contribution in [1.29, 1.82) is 0 Å². The van der Waals surface area contributed by atoms with Crippen LogP contribution < -0.4 is 4.74 Å². The number of hydrogen-bond donors (Lipinski definition) is 0. The van der Waals surface area contributed by atoms with Gasteiger partial charge in [0.05, 0.1) is 5.88 Å². The van der Waals surface area contributed by atoms with Crippen molar-refractivity contribution in [2.75, 3.05) is 18.4 Å². The summed E-state index contributed by atoms with van der Waals surface area (Å²) in [6.45, 7) is 0. The standard InChI is InChI=1S/C7H8Cl3N3O5S2/c1-19(14,15)5-11-4(18-7(9,10)3-8)12-6(13-5)20(2,16)17/h3H2,1-2H3. The van der Waals surface area contributed by atoms with Crippen LogP contribution in [-0.4, -0.2) is 54.7 Å². The lowest BCUT2D eigenvalue weighted by atomic mass is 10.8. The van der Waals surface area contributed by atoms with Crippen LogP contribution in [0.1, 0.15) is 0 Å². The monoisotopic (exact) mass is 383 g/mol. The van der Waals surface area contributed by atoms with E-state index < -0.39 is 46.4 Å². The number of halogens is 3. The highest BCUT2D eigenvalue weighted by molar-refractivity contribution is 7.91. The Morgan fingerprint density at radius 2 is 1.40 bits per heavy atom. The van der Waals surface area contributed by atoms with Crippen LogP contribution in [0.25, 0.3) is 0 Å². The van der Waals surface area contributed by atoms with E-state index in [0.29, 0.717) is 0 Å². The van der Waals surface area contributed by atoms with Crippen LogP contribution in [0.2, 0.25) is 0 Å². The van der Waals surface area contributed by atoms with Gasteiger partial charge in [0.1, 0.15) is 0 Å². The molecular formula is C7H8Cl3N3O5S2. The average molecular weight is 385 g/mol. The third kappa shape index (κ3) is 4.85. The van der Waals surface area contributed by atoms with E-state index in [9.17, 15) is 16.8 Å². The molecule has 1 aromatic rings. The normalized spacial score (nSPS) is 13.2. The van der Waals surface area contributed by atoms with Gasteiger partial charge in [0.15, 0.2) is 0 Å². The number of rotatable bonds is 5. The minimum Gasteiger partial charge on any atom is -0.425 e. The fourth-order valence-electron chi connectivity index (χ4n) is 0.859. The van der Waals surface area contributed by atoms with E-state index in [-0.39, 0.29) is 0 Å².